The van der Waals surface area contributed by atoms with Crippen LogP contribution in [0.2, 0.25) is 0 Å². The summed E-state index contributed by atoms with van der Waals surface area (Å²) in [6.45, 7) is 13.8. The Balaban J connectivity index is 0.000000345. The van der Waals surface area contributed by atoms with Crippen LogP contribution in [-0.2, 0) is 23.9 Å². The van der Waals surface area contributed by atoms with Gasteiger partial charge in [-0.15, -0.1) is 0 Å². The van der Waals surface area contributed by atoms with E-state index < -0.39 is 0 Å². The van der Waals surface area contributed by atoms with Gasteiger partial charge in [-0.05, 0) is 98.4 Å². The molecule has 0 radical (unpaired) electrons. The predicted octanol–water partition coefficient (Wildman–Crippen LogP) is 1.30. The van der Waals surface area contributed by atoms with E-state index in [0.717, 1.165) is 64.7 Å². The number of hydrogen-bond acceptors (Lipinski definition) is 9. The summed E-state index contributed by atoms with van der Waals surface area (Å²) in [5.41, 5.74) is 0. The summed E-state index contributed by atoms with van der Waals surface area (Å²) in [6, 6.07) is -0.152. The van der Waals surface area contributed by atoms with Gasteiger partial charge in [-0.2, -0.15) is 0 Å². The second kappa shape index (κ2) is 22.4. The zero-order chi connectivity index (χ0) is 34.8. The predicted molar refractivity (Wildman–Crippen MR) is 185 cm³/mol. The number of hydrogen-bond donors (Lipinski definition) is 3. The summed E-state index contributed by atoms with van der Waals surface area (Å²) in [5, 5.41) is 9.32. The summed E-state index contributed by atoms with van der Waals surface area (Å²) in [6.07, 6.45) is 6.48. The third-order valence-corrected chi connectivity index (χ3v) is 9.43. The first-order valence-corrected chi connectivity index (χ1v) is 17.3. The van der Waals surface area contributed by atoms with E-state index in [9.17, 15) is 19.2 Å². The number of amides is 3. The lowest BCUT2D eigenvalue weighted by molar-refractivity contribution is -0.136. The maximum absolute atomic E-state index is 12.2. The standard InChI is InChI=1S/C12H25N3O.C11H22N2O2.C11H20N2O2/c1-10-6-5-7-15(9-8-14(3)4)12(16)11(10)13-2;1-9-5-4-6-13(7-8-15-3)11(14)10(9)12-2;1-8-5-4-6-13(7-9(2)14)11(15)10(8)12-3/h10-11,13H,5-9H2,1-4H3;9-10,12H,4-8H2,1-3H3;8,10,12H,4-7H2,1-3H3. The van der Waals surface area contributed by atoms with Crippen LogP contribution in [0.3, 0.4) is 0 Å². The Morgan fingerprint density at radius 1 is 0.717 bits per heavy atom. The number of Topliss-reactive ketones (excluding diaryl/α,β-unsaturated/α-hetero) is 1. The topological polar surface area (TPSA) is 127 Å². The summed E-state index contributed by atoms with van der Waals surface area (Å²) >= 11 is 0. The van der Waals surface area contributed by atoms with Crippen LogP contribution in [0.15, 0.2) is 0 Å². The van der Waals surface area contributed by atoms with Gasteiger partial charge in [0.15, 0.2) is 0 Å². The number of ether oxygens (including phenoxy) is 1. The van der Waals surface area contributed by atoms with Crippen molar-refractivity contribution in [1.29, 1.82) is 0 Å². The number of carbonyl (C=O) groups excluding carboxylic acids is 4. The van der Waals surface area contributed by atoms with E-state index in [4.69, 9.17) is 4.74 Å². The van der Waals surface area contributed by atoms with Crippen molar-refractivity contribution in [2.45, 2.75) is 84.3 Å². The van der Waals surface area contributed by atoms with Crippen LogP contribution in [0.1, 0.15) is 66.2 Å². The van der Waals surface area contributed by atoms with E-state index in [1.165, 1.54) is 6.92 Å². The third kappa shape index (κ3) is 13.9. The van der Waals surface area contributed by atoms with Crippen molar-refractivity contribution in [2.24, 2.45) is 17.8 Å². The molecule has 0 saturated carbocycles. The molecule has 3 saturated heterocycles. The number of likely N-dealkylation sites (N-methyl/N-ethyl adjacent to an activating group) is 4. The van der Waals surface area contributed by atoms with Crippen molar-refractivity contribution in [3.63, 3.8) is 0 Å². The van der Waals surface area contributed by atoms with E-state index in [0.29, 0.717) is 37.5 Å². The van der Waals surface area contributed by atoms with E-state index >= 15 is 0 Å². The smallest absolute Gasteiger partial charge is 0.240 e. The molecule has 268 valence electrons. The first-order valence-electron chi connectivity index (χ1n) is 17.3. The van der Waals surface area contributed by atoms with Gasteiger partial charge in [0.1, 0.15) is 5.78 Å². The zero-order valence-electron chi connectivity index (χ0n) is 30.7. The quantitative estimate of drug-likeness (QED) is 0.303. The molecular weight excluding hydrogens is 586 g/mol. The monoisotopic (exact) mass is 654 g/mol. The fourth-order valence-corrected chi connectivity index (χ4v) is 6.58. The Labute approximate surface area is 279 Å². The molecule has 0 aliphatic carbocycles. The second-order valence-electron chi connectivity index (χ2n) is 13.6. The maximum Gasteiger partial charge on any atom is 0.240 e. The highest BCUT2D eigenvalue weighted by atomic mass is 16.5. The highest BCUT2D eigenvalue weighted by molar-refractivity contribution is 5.87. The number of nitrogens with zero attached hydrogens (tertiary/aromatic N) is 4. The van der Waals surface area contributed by atoms with E-state index in [-0.39, 0.29) is 48.2 Å². The number of methoxy groups -OCH3 is 1. The minimum Gasteiger partial charge on any atom is -0.383 e. The highest BCUT2D eigenvalue weighted by Gasteiger charge is 2.32. The molecule has 3 rings (SSSR count). The number of likely N-dealkylation sites (tertiary alicyclic amines) is 3. The molecule has 3 amide bonds. The third-order valence-electron chi connectivity index (χ3n) is 9.43. The van der Waals surface area contributed by atoms with Gasteiger partial charge >= 0.3 is 0 Å². The summed E-state index contributed by atoms with van der Waals surface area (Å²) in [5.74, 6) is 1.83. The molecular formula is C34H67N7O5. The molecule has 6 atom stereocenters. The SMILES string of the molecule is CNC1C(=O)N(CC(C)=O)CCCC1C.CNC1C(=O)N(CCN(C)C)CCCC1C.CNC1C(=O)N(CCOC)CCCC1C. The Kier molecular flexibility index (Phi) is 20.5. The molecule has 3 fully saturated rings. The van der Waals surface area contributed by atoms with Crippen molar-refractivity contribution in [3.8, 4) is 0 Å². The largest absolute Gasteiger partial charge is 0.383 e. The first-order chi connectivity index (χ1) is 21.8. The second-order valence-corrected chi connectivity index (χ2v) is 13.6. The highest BCUT2D eigenvalue weighted by Crippen LogP contribution is 2.20. The number of rotatable bonds is 11. The summed E-state index contributed by atoms with van der Waals surface area (Å²) in [4.78, 5) is 55.1. The molecule has 6 unspecified atom stereocenters. The van der Waals surface area contributed by atoms with Gasteiger partial charge in [0.25, 0.3) is 0 Å². The maximum atomic E-state index is 12.2. The Bertz CT molecular complexity index is 918. The van der Waals surface area contributed by atoms with Crippen LogP contribution < -0.4 is 16.0 Å². The van der Waals surface area contributed by atoms with Gasteiger partial charge in [0, 0.05) is 46.4 Å². The molecule has 0 aromatic rings. The molecule has 3 N–H and O–H groups in total. The summed E-state index contributed by atoms with van der Waals surface area (Å²) < 4.78 is 5.02. The number of carbonyl (C=O) groups is 4. The molecule has 0 aromatic carbocycles. The zero-order valence-corrected chi connectivity index (χ0v) is 30.7. The first kappa shape index (κ1) is 41.9. The molecule has 3 aliphatic rings. The minimum atomic E-state index is -0.133. The van der Waals surface area contributed by atoms with Crippen LogP contribution >= 0.6 is 0 Å². The van der Waals surface area contributed by atoms with Crippen molar-refractivity contribution < 1.29 is 23.9 Å². The average molecular weight is 654 g/mol. The Morgan fingerprint density at radius 2 is 1.09 bits per heavy atom. The molecule has 0 spiro atoms. The molecule has 3 heterocycles. The Hall–Kier alpha value is -2.12. The van der Waals surface area contributed by atoms with Crippen LogP contribution in [0.5, 0.6) is 0 Å². The van der Waals surface area contributed by atoms with Crippen molar-refractivity contribution in [2.75, 3.05) is 94.8 Å². The van der Waals surface area contributed by atoms with Crippen LogP contribution in [0.4, 0.5) is 0 Å². The van der Waals surface area contributed by atoms with Crippen molar-refractivity contribution in [1.82, 2.24) is 35.6 Å². The van der Waals surface area contributed by atoms with Gasteiger partial charge < -0.3 is 40.3 Å². The lowest BCUT2D eigenvalue weighted by atomic mass is 9.98. The minimum absolute atomic E-state index is 0.00432. The molecule has 3 aliphatic heterocycles. The van der Waals surface area contributed by atoms with Gasteiger partial charge in [0.05, 0.1) is 31.3 Å². The van der Waals surface area contributed by atoms with E-state index in [1.807, 2.05) is 38.0 Å². The molecule has 12 heteroatoms. The van der Waals surface area contributed by atoms with Gasteiger partial charge in [-0.1, -0.05) is 20.8 Å². The molecule has 46 heavy (non-hydrogen) atoms. The molecule has 12 nitrogen and oxygen atoms in total. The van der Waals surface area contributed by atoms with Gasteiger partial charge in [0.2, 0.25) is 17.7 Å². The van der Waals surface area contributed by atoms with E-state index in [2.05, 4.69) is 41.6 Å². The van der Waals surface area contributed by atoms with Crippen LogP contribution in [0.25, 0.3) is 0 Å². The average Bonchev–Trinajstić information content (AvgIpc) is 3.30. The lowest BCUT2D eigenvalue weighted by Crippen LogP contribution is -2.48. The van der Waals surface area contributed by atoms with Gasteiger partial charge in [-0.3, -0.25) is 19.2 Å². The molecule has 0 bridgehead atoms. The normalized spacial score (nSPS) is 27.6. The Morgan fingerprint density at radius 3 is 1.43 bits per heavy atom. The van der Waals surface area contributed by atoms with Crippen molar-refractivity contribution >= 4 is 23.5 Å². The molecule has 0 aromatic heterocycles. The number of nitrogens with one attached hydrogen (secondary N) is 3. The fourth-order valence-electron chi connectivity index (χ4n) is 6.58. The number of ketones is 1. The van der Waals surface area contributed by atoms with Crippen LogP contribution in [-0.4, -0.2) is 156 Å². The van der Waals surface area contributed by atoms with Crippen LogP contribution in [0, 0.1) is 17.8 Å². The summed E-state index contributed by atoms with van der Waals surface area (Å²) in [7, 11) is 11.3. The van der Waals surface area contributed by atoms with Gasteiger partial charge in [-0.25, -0.2) is 0 Å². The van der Waals surface area contributed by atoms with E-state index in [1.54, 1.807) is 19.1 Å². The lowest BCUT2D eigenvalue weighted by Gasteiger charge is -2.27. The fraction of sp³-hybridized carbons (Fsp3) is 0.882. The van der Waals surface area contributed by atoms with Crippen molar-refractivity contribution in [3.05, 3.63) is 0 Å².